The lowest BCUT2D eigenvalue weighted by atomic mass is 9.87. The van der Waals surface area contributed by atoms with Crippen molar-refractivity contribution in [3.05, 3.63) is 52.6 Å². The van der Waals surface area contributed by atoms with Crippen molar-refractivity contribution in [2.45, 2.75) is 76.4 Å². The van der Waals surface area contributed by atoms with Crippen LogP contribution in [0.15, 0.2) is 30.3 Å². The predicted molar refractivity (Wildman–Crippen MR) is 141 cm³/mol. The van der Waals surface area contributed by atoms with E-state index in [0.29, 0.717) is 42.0 Å². The maximum atomic E-state index is 13.6. The fraction of sp³-hybridized carbons (Fsp3) is 0.517. The fourth-order valence-electron chi connectivity index (χ4n) is 5.25. The smallest absolute Gasteiger partial charge is 0.430 e. The summed E-state index contributed by atoms with van der Waals surface area (Å²) in [5.41, 5.74) is -7.10. The Morgan fingerprint density at radius 3 is 2.09 bits per heavy atom. The molecule has 1 atom stereocenters. The van der Waals surface area contributed by atoms with Crippen LogP contribution in [0, 0.1) is 0 Å². The molecule has 8 nitrogen and oxygen atoms in total. The van der Waals surface area contributed by atoms with E-state index >= 15 is 0 Å². The number of rotatable bonds is 11. The van der Waals surface area contributed by atoms with Gasteiger partial charge in [0.15, 0.2) is 11.5 Å². The molecule has 2 aromatic rings. The van der Waals surface area contributed by atoms with Gasteiger partial charge in [-0.15, -0.1) is 0 Å². The Kier molecular flexibility index (Phi) is 8.83. The molecule has 2 aromatic carbocycles. The summed E-state index contributed by atoms with van der Waals surface area (Å²) < 4.78 is 98.3. The standard InChI is InChI=1S/C29H32F6N2O6/c1-4-7-17-13-20(27(40,28(30,31)32)29(33,34)35)14-18(8-5-2)23(17)41-12-6-11-37-24(38)26(3,36-25(37)39)19-9-10-21-22(15-19)43-16-42-21/h9-10,13-15,40H,4-8,11-12,16H2,1-3H3,(H,36,39). The zero-order valence-electron chi connectivity index (χ0n) is 23.7. The van der Waals surface area contributed by atoms with Gasteiger partial charge in [0.2, 0.25) is 6.79 Å². The van der Waals surface area contributed by atoms with Crippen molar-refractivity contribution < 1.29 is 55.2 Å². The first-order valence-electron chi connectivity index (χ1n) is 13.8. The van der Waals surface area contributed by atoms with Crippen LogP contribution in [0.1, 0.15) is 62.3 Å². The van der Waals surface area contributed by atoms with E-state index in [2.05, 4.69) is 5.32 Å². The van der Waals surface area contributed by atoms with Crippen LogP contribution < -0.4 is 19.5 Å². The van der Waals surface area contributed by atoms with Crippen molar-refractivity contribution in [2.24, 2.45) is 0 Å². The van der Waals surface area contributed by atoms with Gasteiger partial charge in [0.05, 0.1) is 6.61 Å². The maximum Gasteiger partial charge on any atom is 0.430 e. The van der Waals surface area contributed by atoms with Crippen LogP contribution >= 0.6 is 0 Å². The minimum Gasteiger partial charge on any atom is -0.493 e. The van der Waals surface area contributed by atoms with Crippen molar-refractivity contribution in [2.75, 3.05) is 19.9 Å². The van der Waals surface area contributed by atoms with Crippen LogP contribution in [0.5, 0.6) is 17.2 Å². The highest BCUT2D eigenvalue weighted by atomic mass is 19.4. The maximum absolute atomic E-state index is 13.6. The van der Waals surface area contributed by atoms with Crippen LogP contribution in [0.3, 0.4) is 0 Å². The number of halogens is 6. The molecule has 0 saturated carbocycles. The molecular formula is C29H32F6N2O6. The van der Waals surface area contributed by atoms with Crippen molar-refractivity contribution in [1.29, 1.82) is 0 Å². The van der Waals surface area contributed by atoms with Crippen molar-refractivity contribution >= 4 is 11.9 Å². The minimum absolute atomic E-state index is 0.0378. The highest BCUT2D eigenvalue weighted by Crippen LogP contribution is 2.51. The summed E-state index contributed by atoms with van der Waals surface area (Å²) in [7, 11) is 0. The van der Waals surface area contributed by atoms with Gasteiger partial charge in [-0.2, -0.15) is 26.3 Å². The number of benzene rings is 2. The number of imide groups is 1. The van der Waals surface area contributed by atoms with E-state index in [0.717, 1.165) is 4.90 Å². The zero-order chi connectivity index (χ0) is 31.8. The molecule has 0 aromatic heterocycles. The summed E-state index contributed by atoms with van der Waals surface area (Å²) >= 11 is 0. The van der Waals surface area contributed by atoms with E-state index < -0.39 is 41.0 Å². The normalized spacial score (nSPS) is 18.8. The number of urea groups is 1. The molecule has 1 fully saturated rings. The third-order valence-electron chi connectivity index (χ3n) is 7.52. The Hall–Kier alpha value is -3.68. The Labute approximate surface area is 243 Å². The first kappa shape index (κ1) is 32.2. The number of fused-ring (bicyclic) bond motifs is 1. The molecule has 236 valence electrons. The summed E-state index contributed by atoms with van der Waals surface area (Å²) in [5, 5.41) is 12.7. The number of nitrogens with one attached hydrogen (secondary N) is 1. The van der Waals surface area contributed by atoms with Gasteiger partial charge in [-0.1, -0.05) is 32.8 Å². The number of aliphatic hydroxyl groups is 1. The summed E-state index contributed by atoms with van der Waals surface area (Å²) in [4.78, 5) is 27.0. The zero-order valence-corrected chi connectivity index (χ0v) is 23.7. The van der Waals surface area contributed by atoms with Gasteiger partial charge < -0.3 is 24.6 Å². The van der Waals surface area contributed by atoms with E-state index in [1.165, 1.54) is 0 Å². The summed E-state index contributed by atoms with van der Waals surface area (Å²) in [6, 6.07) is 5.63. The Morgan fingerprint density at radius 2 is 1.53 bits per heavy atom. The quantitative estimate of drug-likeness (QED) is 0.186. The Bertz CT molecular complexity index is 1340. The second-order valence-corrected chi connectivity index (χ2v) is 10.6. The highest BCUT2D eigenvalue weighted by molar-refractivity contribution is 6.07. The molecule has 0 radical (unpaired) electrons. The summed E-state index contributed by atoms with van der Waals surface area (Å²) in [6.07, 6.45) is -11.0. The summed E-state index contributed by atoms with van der Waals surface area (Å²) in [6.45, 7) is 4.84. The molecule has 43 heavy (non-hydrogen) atoms. The summed E-state index contributed by atoms with van der Waals surface area (Å²) in [5.74, 6) is 0.560. The van der Waals surface area contributed by atoms with Crippen LogP contribution in [0.2, 0.25) is 0 Å². The van der Waals surface area contributed by atoms with Crippen LogP contribution in [-0.2, 0) is 28.8 Å². The van der Waals surface area contributed by atoms with Gasteiger partial charge >= 0.3 is 18.4 Å². The van der Waals surface area contributed by atoms with Gasteiger partial charge in [-0.25, -0.2) is 4.79 Å². The lowest BCUT2D eigenvalue weighted by Crippen LogP contribution is -2.54. The molecule has 0 aliphatic carbocycles. The topological polar surface area (TPSA) is 97.3 Å². The fourth-order valence-corrected chi connectivity index (χ4v) is 5.25. The molecule has 3 amide bonds. The van der Waals surface area contributed by atoms with E-state index in [1.807, 2.05) is 0 Å². The molecule has 2 aliphatic rings. The lowest BCUT2D eigenvalue weighted by molar-refractivity contribution is -0.376. The average Bonchev–Trinajstić information content (AvgIpc) is 3.48. The number of ether oxygens (including phenoxy) is 3. The molecule has 14 heteroatoms. The van der Waals surface area contributed by atoms with E-state index in [1.54, 1.807) is 39.0 Å². The molecule has 1 unspecified atom stereocenters. The molecule has 2 aliphatic heterocycles. The van der Waals surface area contributed by atoms with Gasteiger partial charge in [-0.3, -0.25) is 9.69 Å². The molecule has 1 saturated heterocycles. The van der Waals surface area contributed by atoms with E-state index in [4.69, 9.17) is 14.2 Å². The predicted octanol–water partition coefficient (Wildman–Crippen LogP) is 5.87. The monoisotopic (exact) mass is 618 g/mol. The number of amides is 3. The first-order valence-corrected chi connectivity index (χ1v) is 13.8. The molecule has 0 bridgehead atoms. The second-order valence-electron chi connectivity index (χ2n) is 10.6. The molecule has 2 N–H and O–H groups in total. The number of nitrogens with zero attached hydrogens (tertiary/aromatic N) is 1. The number of hydrogen-bond acceptors (Lipinski definition) is 6. The van der Waals surface area contributed by atoms with Gasteiger partial charge in [0.1, 0.15) is 11.3 Å². The van der Waals surface area contributed by atoms with Crippen LogP contribution in [0.4, 0.5) is 31.1 Å². The minimum atomic E-state index is -6.02. The lowest BCUT2D eigenvalue weighted by Gasteiger charge is -2.33. The Morgan fingerprint density at radius 1 is 0.953 bits per heavy atom. The van der Waals surface area contributed by atoms with Crippen LogP contribution in [0.25, 0.3) is 0 Å². The average molecular weight is 619 g/mol. The largest absolute Gasteiger partial charge is 0.493 e. The van der Waals surface area contributed by atoms with Gasteiger partial charge in [0, 0.05) is 12.1 Å². The first-order chi connectivity index (χ1) is 20.1. The van der Waals surface area contributed by atoms with E-state index in [9.17, 15) is 41.0 Å². The molecular weight excluding hydrogens is 586 g/mol. The Balaban J connectivity index is 1.52. The van der Waals surface area contributed by atoms with Crippen molar-refractivity contribution in [3.63, 3.8) is 0 Å². The number of alkyl halides is 6. The number of carbonyl (C=O) groups is 2. The third kappa shape index (κ3) is 5.80. The van der Waals surface area contributed by atoms with Crippen molar-refractivity contribution in [1.82, 2.24) is 10.2 Å². The van der Waals surface area contributed by atoms with E-state index in [-0.39, 0.29) is 56.1 Å². The second kappa shape index (κ2) is 11.8. The third-order valence-corrected chi connectivity index (χ3v) is 7.52. The molecule has 4 rings (SSSR count). The molecule has 0 spiro atoms. The number of aryl methyl sites for hydroxylation is 2. The van der Waals surface area contributed by atoms with Crippen LogP contribution in [-0.4, -0.2) is 54.2 Å². The highest BCUT2D eigenvalue weighted by Gasteiger charge is 2.71. The van der Waals surface area contributed by atoms with Gasteiger partial charge in [0.25, 0.3) is 11.5 Å². The molecule has 2 heterocycles. The van der Waals surface area contributed by atoms with Crippen molar-refractivity contribution in [3.8, 4) is 17.2 Å². The number of hydrogen-bond donors (Lipinski definition) is 2. The number of carbonyl (C=O) groups excluding carboxylic acids is 2. The van der Waals surface area contributed by atoms with Gasteiger partial charge in [-0.05, 0) is 67.1 Å². The SMILES string of the molecule is CCCc1cc(C(O)(C(F)(F)F)C(F)(F)F)cc(CCC)c1OCCCN1C(=O)NC(C)(c2ccc3c(c2)OCO3)C1=O.